The minimum absolute atomic E-state index is 0. The van der Waals surface area contributed by atoms with Crippen LogP contribution in [-0.2, 0) is 62.5 Å². The molecule has 16 rings (SSSR count). The Morgan fingerprint density at radius 3 is 1.29 bits per heavy atom. The zero-order valence-electron chi connectivity index (χ0n) is 79.7. The number of amides is 12. The predicted molar refractivity (Wildman–Crippen MR) is 530 cm³/mol. The molecule has 11 aliphatic rings. The number of esters is 1. The van der Waals surface area contributed by atoms with Gasteiger partial charge in [0.1, 0.15) is 10.7 Å². The zero-order chi connectivity index (χ0) is 93.3. The summed E-state index contributed by atoms with van der Waals surface area (Å²) >= 11 is 4.95. The highest BCUT2D eigenvalue weighted by Gasteiger charge is 2.49. The molecule has 5 aromatic carbocycles. The first-order chi connectivity index (χ1) is 63.6. The van der Waals surface area contributed by atoms with Gasteiger partial charge in [0.15, 0.2) is 0 Å². The summed E-state index contributed by atoms with van der Waals surface area (Å²) in [5.74, 6) is 0.723. The molecule has 26 nitrogen and oxygen atoms in total. The normalized spacial score (nSPS) is 22.6. The molecule has 0 saturated carbocycles. The Kier molecular flexibility index (Phi) is 34.4. The van der Waals surface area contributed by atoms with Crippen LogP contribution in [0.3, 0.4) is 0 Å². The minimum atomic E-state index is -0.456. The Hall–Kier alpha value is -9.19. The second-order valence-corrected chi connectivity index (χ2v) is 44.2. The Balaban J connectivity index is 0.000000170. The fraction of sp³-hybridized carbons (Fsp3) is 0.612. The van der Waals surface area contributed by atoms with Gasteiger partial charge in [0.05, 0.1) is 46.9 Å². The zero-order valence-corrected chi connectivity index (χ0v) is 82.2. The van der Waals surface area contributed by atoms with Gasteiger partial charge in [-0.3, -0.25) is 33.6 Å². The van der Waals surface area contributed by atoms with E-state index >= 15 is 0 Å². The van der Waals surface area contributed by atoms with Gasteiger partial charge in [-0.2, -0.15) is 0 Å². The maximum Gasteiger partial charge on any atom is 0.322 e. The van der Waals surface area contributed by atoms with Crippen molar-refractivity contribution in [3.05, 3.63) is 149 Å². The number of fused-ring (bicyclic) bond motifs is 3. The molecule has 0 spiro atoms. The Morgan fingerprint density at radius 1 is 0.447 bits per heavy atom. The van der Waals surface area contributed by atoms with E-state index in [2.05, 4.69) is 141 Å². The summed E-state index contributed by atoms with van der Waals surface area (Å²) in [5.41, 5.74) is 10.6. The van der Waals surface area contributed by atoms with Crippen LogP contribution in [0, 0.1) is 22.7 Å². The summed E-state index contributed by atoms with van der Waals surface area (Å²) in [4.78, 5) is 155. The van der Waals surface area contributed by atoms with E-state index in [9.17, 15) is 47.9 Å². The predicted octanol–water partition coefficient (Wildman–Crippen LogP) is 18.0. The monoisotopic (exact) mass is 1870 g/mol. The molecule has 3 N–H and O–H groups in total. The van der Waals surface area contributed by atoms with Crippen molar-refractivity contribution in [3.63, 3.8) is 0 Å². The van der Waals surface area contributed by atoms with Crippen LogP contribution >= 0.6 is 35.3 Å². The quantitative estimate of drug-likeness (QED) is 0.0310. The first-order valence-corrected chi connectivity index (χ1v) is 52.0. The first kappa shape index (κ1) is 98.8. The number of carbonyl (C=O) groups is 10. The van der Waals surface area contributed by atoms with Gasteiger partial charge in [0.2, 0.25) is 35.4 Å². The van der Waals surface area contributed by atoms with E-state index in [4.69, 9.17) is 9.47 Å². The van der Waals surface area contributed by atoms with Crippen LogP contribution in [0.25, 0.3) is 0 Å². The minimum Gasteiger partial charge on any atom is -0.466 e. The smallest absolute Gasteiger partial charge is 0.322 e. The number of hydrogen-bond acceptors (Lipinski definition) is 17. The van der Waals surface area contributed by atoms with Gasteiger partial charge < -0.3 is 79.3 Å². The topological polar surface area (TPSA) is 261 Å². The van der Waals surface area contributed by atoms with Crippen LogP contribution in [0.2, 0.25) is 0 Å². The number of unbranched alkanes of at least 4 members (excludes halogenated alkanes) is 4. The number of likely N-dealkylation sites (tertiary alicyclic amines) is 3. The van der Waals surface area contributed by atoms with Crippen LogP contribution in [-0.4, -0.2) is 254 Å². The van der Waals surface area contributed by atoms with E-state index in [0.717, 1.165) is 166 Å². The maximum atomic E-state index is 14.1. The number of carbonyl (C=O) groups excluding carboxylic acids is 10. The van der Waals surface area contributed by atoms with Gasteiger partial charge in [0.25, 0.3) is 0 Å². The summed E-state index contributed by atoms with van der Waals surface area (Å²) in [7, 11) is 0. The molecule has 12 amide bonds. The van der Waals surface area contributed by atoms with Gasteiger partial charge in [0, 0.05) is 183 Å². The van der Waals surface area contributed by atoms with Crippen molar-refractivity contribution in [3.8, 4) is 0 Å². The number of hydrogen-bond donors (Lipinski definition) is 3. The third-order valence-corrected chi connectivity index (χ3v) is 32.6. The molecular weight excluding hydrogens is 1720 g/mol. The van der Waals surface area contributed by atoms with Crippen LogP contribution in [0.4, 0.5) is 42.8 Å². The molecule has 29 heteroatoms. The molecule has 8 saturated heterocycles. The third-order valence-electron chi connectivity index (χ3n) is 28.1. The van der Waals surface area contributed by atoms with Crippen molar-refractivity contribution in [2.75, 3.05) is 137 Å². The second kappa shape index (κ2) is 45.9. The van der Waals surface area contributed by atoms with E-state index in [1.807, 2.05) is 119 Å². The lowest BCUT2D eigenvalue weighted by atomic mass is 9.92. The molecule has 6 atom stereocenters. The fourth-order valence-corrected chi connectivity index (χ4v) is 24.7. The molecule has 718 valence electrons. The van der Waals surface area contributed by atoms with Gasteiger partial charge in [-0.15, -0.1) is 35.3 Å². The number of morpholine rings is 1. The van der Waals surface area contributed by atoms with Gasteiger partial charge in [-0.05, 0) is 154 Å². The molecule has 0 radical (unpaired) electrons. The van der Waals surface area contributed by atoms with Crippen LogP contribution in [0.15, 0.2) is 121 Å². The first-order valence-electron chi connectivity index (χ1n) is 49.2. The average Bonchev–Trinajstić information content (AvgIpc) is 1.59. The molecule has 132 heavy (non-hydrogen) atoms. The standard InChI is InChI=1S/C38H51N5O5S.C35H47N5O4S.C30H46N4O3S.H2/c1-5-48-36(46)26-14-19-40(20-15-26)31-13-9-7-11-29(31)35-42(23-18-38(2,3)4)34(45)32(49-35)24-33(44)41-21-16-28(17-22-41)43-25-27-10-6-8-12-30(27)39-37(43)47;1-35(2,3)15-19-40-32(42)30(45-33(40)27-9-5-7-11-29(27)37-20-22-44-23-21-37)24-31(41)38-16-13-26(14-17-38)39-18-12-25-8-4-6-10-28(25)36-34(39)43;1-4-5-6-7-8-13-28-33(19-14-22(2)3)29(36)26(38-28)20-27(35)32-17-15-24(16-18-32)34-21-23-11-9-10-12-25(23)31-30(34)37;/h6-13,26,28,32,35H,5,14-25H2,1-4H3,(H,39,47);4-11,26,30,33H,12-24H2,1-3H3,(H,36,43);9-12,22,24,26,28H,4-8,13-21H2,1-3H3,(H,31,37);1H. The fourth-order valence-electron chi connectivity index (χ4n) is 20.2. The van der Waals surface area contributed by atoms with E-state index in [-0.39, 0.29) is 136 Å². The molecule has 5 aromatic rings. The number of nitrogens with zero attached hydrogens (tertiary/aromatic N) is 11. The molecular formula is C103H146N14O12S3. The number of para-hydroxylation sites is 5. The summed E-state index contributed by atoms with van der Waals surface area (Å²) in [5, 5.41) is 7.83. The van der Waals surface area contributed by atoms with Crippen molar-refractivity contribution in [2.24, 2.45) is 22.7 Å². The van der Waals surface area contributed by atoms with E-state index < -0.39 is 10.5 Å². The Labute approximate surface area is 797 Å². The molecule has 0 aliphatic carbocycles. The van der Waals surface area contributed by atoms with E-state index in [1.54, 1.807) is 35.3 Å². The highest BCUT2D eigenvalue weighted by molar-refractivity contribution is 8.02. The Morgan fingerprint density at radius 2 is 0.841 bits per heavy atom. The van der Waals surface area contributed by atoms with Crippen LogP contribution in [0.1, 0.15) is 238 Å². The SMILES string of the molecule is CC(C)(C)CCN1C(=O)C(CC(=O)N2CCC(N3CCc4ccccc4NC3=O)CC2)SC1c1ccccc1N1CCOCC1.CCCCCCCC1SC(CC(=O)N2CCC(N3Cc4ccccc4NC3=O)CC2)C(=O)N1CCC(C)C.CCOC(=O)C1CCN(c2ccccc2C2SC(CC(=O)N3CCC(N4Cc5ccccc5NC4=O)CC3)C(=O)N2CCC(C)(C)C)CC1.[HH]. The molecule has 0 bridgehead atoms. The summed E-state index contributed by atoms with van der Waals surface area (Å²) in [6.07, 6.45) is 17.3. The number of anilines is 5. The summed E-state index contributed by atoms with van der Waals surface area (Å²) < 4.78 is 10.9. The van der Waals surface area contributed by atoms with Crippen molar-refractivity contribution in [1.29, 1.82) is 0 Å². The maximum absolute atomic E-state index is 14.1. The number of benzene rings is 5. The molecule has 8 fully saturated rings. The highest BCUT2D eigenvalue weighted by Crippen LogP contribution is 2.51. The number of piperidine rings is 4. The molecule has 6 unspecified atom stereocenters. The van der Waals surface area contributed by atoms with E-state index in [0.29, 0.717) is 111 Å². The van der Waals surface area contributed by atoms with Gasteiger partial charge >= 0.3 is 24.1 Å². The summed E-state index contributed by atoms with van der Waals surface area (Å²) in [6, 6.07) is 40.6. The van der Waals surface area contributed by atoms with Crippen molar-refractivity contribution < 1.29 is 58.8 Å². The van der Waals surface area contributed by atoms with Crippen molar-refractivity contribution in [1.82, 2.24) is 44.1 Å². The van der Waals surface area contributed by atoms with Gasteiger partial charge in [-0.25, -0.2) is 14.4 Å². The molecule has 0 aromatic heterocycles. The lowest BCUT2D eigenvalue weighted by Gasteiger charge is -2.40. The third kappa shape index (κ3) is 25.3. The number of nitrogens with one attached hydrogen (secondary N) is 3. The highest BCUT2D eigenvalue weighted by atomic mass is 32.2. The largest absolute Gasteiger partial charge is 0.466 e. The number of urea groups is 3. The molecule has 11 heterocycles. The number of rotatable bonds is 28. The van der Waals surface area contributed by atoms with E-state index in [1.165, 1.54) is 25.7 Å². The lowest BCUT2D eigenvalue weighted by molar-refractivity contribution is -0.148. The van der Waals surface area contributed by atoms with Crippen molar-refractivity contribution >= 4 is 123 Å². The molecule has 11 aliphatic heterocycles. The van der Waals surface area contributed by atoms with Crippen LogP contribution in [0.5, 0.6) is 0 Å². The second-order valence-electron chi connectivity index (χ2n) is 40.3. The Bertz CT molecular complexity index is 4800. The average molecular weight is 1870 g/mol. The summed E-state index contributed by atoms with van der Waals surface area (Å²) in [6.45, 7) is 34.1. The van der Waals surface area contributed by atoms with Gasteiger partial charge in [-0.1, -0.05) is 185 Å². The van der Waals surface area contributed by atoms with Crippen LogP contribution < -0.4 is 25.8 Å². The van der Waals surface area contributed by atoms with Crippen molar-refractivity contribution in [2.45, 2.75) is 267 Å². The lowest BCUT2D eigenvalue weighted by Crippen LogP contribution is -2.51. The number of thioether (sulfide) groups is 3. The number of ether oxygens (including phenoxy) is 2.